The van der Waals surface area contributed by atoms with Crippen LogP contribution in [0.1, 0.15) is 37.7 Å². The van der Waals surface area contributed by atoms with E-state index in [-0.39, 0.29) is 0 Å². The molecule has 100 valence electrons. The molecular weight excluding hydrogens is 222 g/mol. The van der Waals surface area contributed by atoms with Crippen molar-refractivity contribution in [3.63, 3.8) is 0 Å². The lowest BCUT2D eigenvalue weighted by atomic mass is 9.83. The van der Waals surface area contributed by atoms with Gasteiger partial charge in [-0.05, 0) is 37.4 Å². The van der Waals surface area contributed by atoms with Gasteiger partial charge in [-0.3, -0.25) is 9.88 Å². The summed E-state index contributed by atoms with van der Waals surface area (Å²) in [5, 5.41) is 0. The molecule has 3 heteroatoms. The maximum absolute atomic E-state index is 6.00. The molecule has 1 aromatic rings. The fourth-order valence-corrected chi connectivity index (χ4v) is 3.15. The SMILES string of the molecule is CN(Cc1cccnc1)C(CN)C1CCCCC1. The standard InChI is InChI=1S/C15H25N3/c1-18(12-13-6-5-9-17-11-13)15(10-16)14-7-3-2-4-8-14/h5-6,9,11,14-15H,2-4,7-8,10,12,16H2,1H3. The Morgan fingerprint density at radius 2 is 2.17 bits per heavy atom. The Morgan fingerprint density at radius 1 is 1.39 bits per heavy atom. The highest BCUT2D eigenvalue weighted by Crippen LogP contribution is 2.28. The molecule has 0 amide bonds. The van der Waals surface area contributed by atoms with Crippen LogP contribution in [-0.2, 0) is 6.54 Å². The summed E-state index contributed by atoms with van der Waals surface area (Å²) < 4.78 is 0. The number of likely N-dealkylation sites (N-methyl/N-ethyl adjacent to an activating group) is 1. The molecule has 1 aliphatic carbocycles. The van der Waals surface area contributed by atoms with Crippen LogP contribution in [0.2, 0.25) is 0 Å². The maximum Gasteiger partial charge on any atom is 0.0312 e. The maximum atomic E-state index is 6.00. The van der Waals surface area contributed by atoms with Gasteiger partial charge < -0.3 is 5.73 Å². The van der Waals surface area contributed by atoms with Gasteiger partial charge in [0.25, 0.3) is 0 Å². The summed E-state index contributed by atoms with van der Waals surface area (Å²) in [6.45, 7) is 1.72. The number of pyridine rings is 1. The Balaban J connectivity index is 1.94. The van der Waals surface area contributed by atoms with Gasteiger partial charge in [-0.25, -0.2) is 0 Å². The summed E-state index contributed by atoms with van der Waals surface area (Å²) >= 11 is 0. The molecule has 1 saturated carbocycles. The molecule has 2 N–H and O–H groups in total. The van der Waals surface area contributed by atoms with Crippen molar-refractivity contribution in [1.82, 2.24) is 9.88 Å². The van der Waals surface area contributed by atoms with Crippen molar-refractivity contribution in [3.8, 4) is 0 Å². The monoisotopic (exact) mass is 247 g/mol. The van der Waals surface area contributed by atoms with Gasteiger partial charge in [0, 0.05) is 31.5 Å². The van der Waals surface area contributed by atoms with Crippen LogP contribution in [-0.4, -0.2) is 29.5 Å². The van der Waals surface area contributed by atoms with Gasteiger partial charge in [0.05, 0.1) is 0 Å². The molecule has 1 atom stereocenters. The van der Waals surface area contributed by atoms with Gasteiger partial charge >= 0.3 is 0 Å². The Hall–Kier alpha value is -0.930. The van der Waals surface area contributed by atoms with E-state index < -0.39 is 0 Å². The largest absolute Gasteiger partial charge is 0.329 e. The molecule has 0 bridgehead atoms. The normalized spacial score (nSPS) is 19.1. The van der Waals surface area contributed by atoms with E-state index in [1.165, 1.54) is 37.7 Å². The molecule has 0 saturated heterocycles. The first kappa shape index (κ1) is 13.5. The van der Waals surface area contributed by atoms with E-state index in [9.17, 15) is 0 Å². The molecule has 1 aliphatic rings. The van der Waals surface area contributed by atoms with Gasteiger partial charge in [-0.2, -0.15) is 0 Å². The molecule has 0 aromatic carbocycles. The molecule has 2 rings (SSSR count). The number of aromatic nitrogens is 1. The van der Waals surface area contributed by atoms with Gasteiger partial charge in [0.2, 0.25) is 0 Å². The minimum absolute atomic E-state index is 0.519. The first-order valence-electron chi connectivity index (χ1n) is 7.10. The van der Waals surface area contributed by atoms with E-state index in [0.29, 0.717) is 6.04 Å². The van der Waals surface area contributed by atoms with Crippen molar-refractivity contribution in [1.29, 1.82) is 0 Å². The summed E-state index contributed by atoms with van der Waals surface area (Å²) in [5.74, 6) is 0.783. The zero-order chi connectivity index (χ0) is 12.8. The summed E-state index contributed by atoms with van der Waals surface area (Å²) in [4.78, 5) is 6.59. The third kappa shape index (κ3) is 3.53. The van der Waals surface area contributed by atoms with Crippen LogP contribution in [0.25, 0.3) is 0 Å². The van der Waals surface area contributed by atoms with Crippen LogP contribution in [0.3, 0.4) is 0 Å². The molecule has 1 aromatic heterocycles. The van der Waals surface area contributed by atoms with Crippen molar-refractivity contribution < 1.29 is 0 Å². The van der Waals surface area contributed by atoms with E-state index in [1.807, 2.05) is 18.5 Å². The first-order chi connectivity index (χ1) is 8.81. The molecular formula is C15H25N3. The molecule has 18 heavy (non-hydrogen) atoms. The average molecular weight is 247 g/mol. The van der Waals surface area contributed by atoms with Gasteiger partial charge in [-0.15, -0.1) is 0 Å². The highest BCUT2D eigenvalue weighted by molar-refractivity contribution is 5.08. The van der Waals surface area contributed by atoms with E-state index in [1.54, 1.807) is 0 Å². The summed E-state index contributed by atoms with van der Waals surface area (Å²) in [6.07, 6.45) is 10.6. The predicted octanol–water partition coefficient (Wildman–Crippen LogP) is 2.42. The number of nitrogens with two attached hydrogens (primary N) is 1. The van der Waals surface area contributed by atoms with Crippen molar-refractivity contribution in [2.45, 2.75) is 44.7 Å². The highest BCUT2D eigenvalue weighted by Gasteiger charge is 2.25. The number of rotatable bonds is 5. The molecule has 0 aliphatic heterocycles. The van der Waals surface area contributed by atoms with Crippen molar-refractivity contribution in [2.24, 2.45) is 11.7 Å². The molecule has 1 heterocycles. The number of nitrogens with zero attached hydrogens (tertiary/aromatic N) is 2. The fourth-order valence-electron chi connectivity index (χ4n) is 3.15. The zero-order valence-corrected chi connectivity index (χ0v) is 11.4. The van der Waals surface area contributed by atoms with Crippen molar-refractivity contribution in [3.05, 3.63) is 30.1 Å². The average Bonchev–Trinajstić information content (AvgIpc) is 2.42. The van der Waals surface area contributed by atoms with Crippen molar-refractivity contribution >= 4 is 0 Å². The Morgan fingerprint density at radius 3 is 2.78 bits per heavy atom. The van der Waals surface area contributed by atoms with Crippen LogP contribution in [0, 0.1) is 5.92 Å². The van der Waals surface area contributed by atoms with Gasteiger partial charge in [-0.1, -0.05) is 25.3 Å². The lowest BCUT2D eigenvalue weighted by Gasteiger charge is -2.36. The lowest BCUT2D eigenvalue weighted by Crippen LogP contribution is -2.43. The Bertz CT molecular complexity index is 333. The number of hydrogen-bond donors (Lipinski definition) is 1. The third-order valence-electron chi connectivity index (χ3n) is 4.16. The zero-order valence-electron chi connectivity index (χ0n) is 11.4. The Kier molecular flexibility index (Phi) is 5.14. The summed E-state index contributed by atoms with van der Waals surface area (Å²) in [5.41, 5.74) is 7.27. The first-order valence-corrected chi connectivity index (χ1v) is 7.10. The molecule has 0 spiro atoms. The predicted molar refractivity (Wildman–Crippen MR) is 75.1 cm³/mol. The fraction of sp³-hybridized carbons (Fsp3) is 0.667. The number of hydrogen-bond acceptors (Lipinski definition) is 3. The van der Waals surface area contributed by atoms with Crippen molar-refractivity contribution in [2.75, 3.05) is 13.6 Å². The highest BCUT2D eigenvalue weighted by atomic mass is 15.1. The van der Waals surface area contributed by atoms with Crippen LogP contribution in [0.5, 0.6) is 0 Å². The summed E-state index contributed by atoms with van der Waals surface area (Å²) in [7, 11) is 2.19. The molecule has 1 unspecified atom stereocenters. The second kappa shape index (κ2) is 6.86. The lowest BCUT2D eigenvalue weighted by molar-refractivity contribution is 0.143. The van der Waals surface area contributed by atoms with Gasteiger partial charge in [0.15, 0.2) is 0 Å². The topological polar surface area (TPSA) is 42.2 Å². The van der Waals surface area contributed by atoms with Crippen LogP contribution in [0.4, 0.5) is 0 Å². The quantitative estimate of drug-likeness (QED) is 0.869. The molecule has 0 radical (unpaired) electrons. The minimum Gasteiger partial charge on any atom is -0.329 e. The minimum atomic E-state index is 0.519. The Labute approximate surface area is 110 Å². The van der Waals surface area contributed by atoms with E-state index in [0.717, 1.165) is 19.0 Å². The van der Waals surface area contributed by atoms with Gasteiger partial charge in [0.1, 0.15) is 0 Å². The van der Waals surface area contributed by atoms with Crippen LogP contribution >= 0.6 is 0 Å². The summed E-state index contributed by atoms with van der Waals surface area (Å²) in [6, 6.07) is 4.66. The molecule has 1 fully saturated rings. The van der Waals surface area contributed by atoms with E-state index in [2.05, 4.69) is 23.0 Å². The van der Waals surface area contributed by atoms with Crippen LogP contribution < -0.4 is 5.73 Å². The smallest absolute Gasteiger partial charge is 0.0312 e. The second-order valence-electron chi connectivity index (χ2n) is 5.48. The molecule has 3 nitrogen and oxygen atoms in total. The second-order valence-corrected chi connectivity index (χ2v) is 5.48. The van der Waals surface area contributed by atoms with Crippen LogP contribution in [0.15, 0.2) is 24.5 Å². The third-order valence-corrected chi connectivity index (χ3v) is 4.16. The van der Waals surface area contributed by atoms with E-state index in [4.69, 9.17) is 5.73 Å². The van der Waals surface area contributed by atoms with E-state index >= 15 is 0 Å².